The van der Waals surface area contributed by atoms with Crippen LogP contribution in [0.1, 0.15) is 32.1 Å². The van der Waals surface area contributed by atoms with Gasteiger partial charge in [0.25, 0.3) is 0 Å². The molecule has 3 heteroatoms. The lowest BCUT2D eigenvalue weighted by atomic mass is 10.0. The molecule has 1 aromatic carbocycles. The summed E-state index contributed by atoms with van der Waals surface area (Å²) in [6.07, 6.45) is 6.72. The van der Waals surface area contributed by atoms with Crippen molar-refractivity contribution in [2.24, 2.45) is 9.63 Å². The van der Waals surface area contributed by atoms with E-state index in [9.17, 15) is 0 Å². The van der Waals surface area contributed by atoms with Gasteiger partial charge >= 0.3 is 0 Å². The van der Waals surface area contributed by atoms with E-state index in [-0.39, 0.29) is 0 Å². The van der Waals surface area contributed by atoms with Crippen molar-refractivity contribution in [2.45, 2.75) is 37.4 Å². The molecule has 0 unspecified atom stereocenters. The van der Waals surface area contributed by atoms with E-state index in [4.69, 9.17) is 0 Å². The Bertz CT molecular complexity index is 305. The number of benzene rings is 1. The third-order valence-electron chi connectivity index (χ3n) is 2.66. The van der Waals surface area contributed by atoms with E-state index in [2.05, 4.69) is 9.63 Å². The van der Waals surface area contributed by atoms with Crippen molar-refractivity contribution in [3.8, 4) is 0 Å². The van der Waals surface area contributed by atoms with Gasteiger partial charge in [0.2, 0.25) is 0 Å². The van der Waals surface area contributed by atoms with Gasteiger partial charge in [-0.2, -0.15) is 0 Å². The highest BCUT2D eigenvalue weighted by atomic mass is 32.2. The van der Waals surface area contributed by atoms with Crippen molar-refractivity contribution in [1.82, 2.24) is 0 Å². The Morgan fingerprint density at radius 2 is 1.73 bits per heavy atom. The maximum Gasteiger partial charge on any atom is 0.0863 e. The van der Waals surface area contributed by atoms with Crippen molar-refractivity contribution >= 4 is 17.6 Å². The maximum atomic E-state index is 4.21. The summed E-state index contributed by atoms with van der Waals surface area (Å²) in [5.41, 5.74) is 0.945. The Morgan fingerprint density at radius 3 is 2.47 bits per heavy atom. The van der Waals surface area contributed by atoms with E-state index in [0.717, 1.165) is 5.69 Å². The molecular formula is C12H16N2S. The fourth-order valence-electron chi connectivity index (χ4n) is 1.80. The quantitative estimate of drug-likeness (QED) is 0.533. The van der Waals surface area contributed by atoms with E-state index in [1.807, 2.05) is 30.3 Å². The molecule has 0 aliphatic heterocycles. The molecule has 0 saturated heterocycles. The van der Waals surface area contributed by atoms with Gasteiger partial charge in [-0.05, 0) is 25.0 Å². The maximum absolute atomic E-state index is 4.21. The molecule has 0 N–H and O–H groups in total. The Balaban J connectivity index is 1.79. The molecule has 0 bridgehead atoms. The zero-order valence-corrected chi connectivity index (χ0v) is 9.62. The molecule has 1 aromatic rings. The van der Waals surface area contributed by atoms with Crippen molar-refractivity contribution in [3.05, 3.63) is 30.3 Å². The monoisotopic (exact) mass is 220 g/mol. The molecule has 2 nitrogen and oxygen atoms in total. The molecule has 0 atom stereocenters. The molecule has 80 valence electrons. The number of hydrogen-bond donors (Lipinski definition) is 0. The van der Waals surface area contributed by atoms with E-state index in [1.165, 1.54) is 32.1 Å². The summed E-state index contributed by atoms with van der Waals surface area (Å²) in [4.78, 5) is 0. The molecule has 1 aliphatic carbocycles. The smallest absolute Gasteiger partial charge is 0.0863 e. The van der Waals surface area contributed by atoms with Crippen LogP contribution in [-0.4, -0.2) is 5.25 Å². The van der Waals surface area contributed by atoms with Gasteiger partial charge < -0.3 is 0 Å². The second-order valence-corrected chi connectivity index (χ2v) is 4.92. The van der Waals surface area contributed by atoms with Crippen LogP contribution < -0.4 is 0 Å². The van der Waals surface area contributed by atoms with E-state index >= 15 is 0 Å². The first-order chi connectivity index (χ1) is 7.45. The first-order valence-corrected chi connectivity index (χ1v) is 6.41. The van der Waals surface area contributed by atoms with Crippen molar-refractivity contribution in [3.63, 3.8) is 0 Å². The molecule has 1 fully saturated rings. The molecule has 0 heterocycles. The molecule has 0 amide bonds. The highest BCUT2D eigenvalue weighted by molar-refractivity contribution is 7.98. The topological polar surface area (TPSA) is 24.7 Å². The average Bonchev–Trinajstić information content (AvgIpc) is 2.32. The van der Waals surface area contributed by atoms with Crippen LogP contribution in [0.5, 0.6) is 0 Å². The summed E-state index contributed by atoms with van der Waals surface area (Å²) in [5, 5.41) is 4.89. The van der Waals surface area contributed by atoms with Crippen LogP contribution >= 0.6 is 11.9 Å². The van der Waals surface area contributed by atoms with E-state index in [0.29, 0.717) is 5.25 Å². The van der Waals surface area contributed by atoms with Gasteiger partial charge in [0, 0.05) is 17.2 Å². The van der Waals surface area contributed by atoms with Gasteiger partial charge in [-0.25, -0.2) is 0 Å². The van der Waals surface area contributed by atoms with Crippen LogP contribution in [-0.2, 0) is 0 Å². The lowest BCUT2D eigenvalue weighted by Gasteiger charge is -2.17. The predicted octanol–water partition coefficient (Wildman–Crippen LogP) is 4.75. The first kappa shape index (κ1) is 10.7. The van der Waals surface area contributed by atoms with E-state index < -0.39 is 0 Å². The number of hydrogen-bond acceptors (Lipinski definition) is 3. The summed E-state index contributed by atoms with van der Waals surface area (Å²) in [6.45, 7) is 0. The van der Waals surface area contributed by atoms with Gasteiger partial charge in [0.05, 0.1) is 5.69 Å². The molecule has 1 saturated carbocycles. The largest absolute Gasteiger partial charge is 0.144 e. The molecule has 0 spiro atoms. The molecule has 1 aliphatic rings. The van der Waals surface area contributed by atoms with Gasteiger partial charge in [-0.1, -0.05) is 37.5 Å². The van der Waals surface area contributed by atoms with Crippen LogP contribution in [0.25, 0.3) is 0 Å². The van der Waals surface area contributed by atoms with E-state index in [1.54, 1.807) is 11.9 Å². The molecule has 0 aromatic heterocycles. The highest BCUT2D eigenvalue weighted by Gasteiger charge is 2.13. The standard InChI is InChI=1S/C12H16N2S/c1-3-7-11(8-4-1)13-14-15-12-9-5-2-6-10-12/h1,3-4,7-8,12H,2,5-6,9-10H2. The number of nitrogens with zero attached hydrogens (tertiary/aromatic N) is 2. The lowest BCUT2D eigenvalue weighted by Crippen LogP contribution is -2.06. The Labute approximate surface area is 95.3 Å². The summed E-state index contributed by atoms with van der Waals surface area (Å²) in [7, 11) is 0. The SMILES string of the molecule is c1ccc(N=NSC2CCCCC2)cc1. The Kier molecular flexibility index (Phi) is 4.21. The molecule has 15 heavy (non-hydrogen) atoms. The van der Waals surface area contributed by atoms with Crippen LogP contribution in [0, 0.1) is 0 Å². The predicted molar refractivity (Wildman–Crippen MR) is 65.4 cm³/mol. The van der Waals surface area contributed by atoms with Crippen LogP contribution in [0.15, 0.2) is 40.0 Å². The van der Waals surface area contributed by atoms with Crippen molar-refractivity contribution in [1.29, 1.82) is 0 Å². The summed E-state index contributed by atoms with van der Waals surface area (Å²) in [5.74, 6) is 0. The third-order valence-corrected chi connectivity index (χ3v) is 3.61. The van der Waals surface area contributed by atoms with Gasteiger partial charge in [-0.15, -0.1) is 9.63 Å². The fourth-order valence-corrected chi connectivity index (χ4v) is 2.62. The van der Waals surface area contributed by atoms with Gasteiger partial charge in [0.15, 0.2) is 0 Å². The second kappa shape index (κ2) is 5.91. The number of rotatable bonds is 3. The normalized spacial score (nSPS) is 18.4. The molecule has 0 radical (unpaired) electrons. The highest BCUT2D eigenvalue weighted by Crippen LogP contribution is 2.29. The van der Waals surface area contributed by atoms with Gasteiger partial charge in [-0.3, -0.25) is 0 Å². The average molecular weight is 220 g/mol. The summed E-state index contributed by atoms with van der Waals surface area (Å²) in [6, 6.07) is 9.92. The minimum absolute atomic E-state index is 0.700. The van der Waals surface area contributed by atoms with Gasteiger partial charge in [0.1, 0.15) is 0 Å². The first-order valence-electron chi connectivity index (χ1n) is 5.57. The van der Waals surface area contributed by atoms with Crippen LogP contribution in [0.4, 0.5) is 5.69 Å². The Hall–Kier alpha value is -0.830. The molecular weight excluding hydrogens is 204 g/mol. The van der Waals surface area contributed by atoms with Crippen molar-refractivity contribution in [2.75, 3.05) is 0 Å². The summed E-state index contributed by atoms with van der Waals surface area (Å²) < 4.78 is 4.21. The second-order valence-electron chi connectivity index (χ2n) is 3.88. The minimum Gasteiger partial charge on any atom is -0.144 e. The molecule has 2 rings (SSSR count). The van der Waals surface area contributed by atoms with Crippen molar-refractivity contribution < 1.29 is 0 Å². The summed E-state index contributed by atoms with van der Waals surface area (Å²) >= 11 is 1.65. The van der Waals surface area contributed by atoms with Crippen LogP contribution in [0.3, 0.4) is 0 Å². The Morgan fingerprint density at radius 1 is 1.00 bits per heavy atom. The minimum atomic E-state index is 0.700. The fraction of sp³-hybridized carbons (Fsp3) is 0.500. The zero-order valence-electron chi connectivity index (χ0n) is 8.80. The zero-order chi connectivity index (χ0) is 10.3. The van der Waals surface area contributed by atoms with Crippen LogP contribution in [0.2, 0.25) is 0 Å². The lowest BCUT2D eigenvalue weighted by molar-refractivity contribution is 0.516. The third kappa shape index (κ3) is 3.67.